The van der Waals surface area contributed by atoms with Crippen LogP contribution in [0.15, 0.2) is 40.2 Å². The number of hydrogen-bond acceptors (Lipinski definition) is 3. The largest absolute Gasteiger partial charge is 0.481 e. The van der Waals surface area contributed by atoms with Gasteiger partial charge in [-0.15, -0.1) is 11.3 Å². The lowest BCUT2D eigenvalue weighted by Gasteiger charge is -2.36. The molecule has 2 heterocycles. The molecule has 1 aromatic carbocycles. The van der Waals surface area contributed by atoms with Gasteiger partial charge in [-0.25, -0.2) is 0 Å². The van der Waals surface area contributed by atoms with Crippen LogP contribution in [0.1, 0.15) is 34.9 Å². The summed E-state index contributed by atoms with van der Waals surface area (Å²) < 4.78 is 1.13. The maximum Gasteiger partial charge on any atom is 0.306 e. The van der Waals surface area contributed by atoms with Crippen LogP contribution in [0.25, 0.3) is 0 Å². The predicted molar refractivity (Wildman–Crippen MR) is 97.0 cm³/mol. The number of carbonyl (C=O) groups is 1. The van der Waals surface area contributed by atoms with Gasteiger partial charge in [-0.2, -0.15) is 0 Å². The Kier molecular flexibility index (Phi) is 5.19. The molecule has 1 aromatic heterocycles. The average molecular weight is 394 g/mol. The van der Waals surface area contributed by atoms with Gasteiger partial charge in [0.1, 0.15) is 0 Å². The summed E-state index contributed by atoms with van der Waals surface area (Å²) in [6, 6.07) is 13.1. The van der Waals surface area contributed by atoms with E-state index in [2.05, 4.69) is 64.2 Å². The Morgan fingerprint density at radius 2 is 1.87 bits per heavy atom. The second-order valence-corrected chi connectivity index (χ2v) is 8.60. The highest BCUT2D eigenvalue weighted by molar-refractivity contribution is 9.11. The van der Waals surface area contributed by atoms with Gasteiger partial charge in [-0.1, -0.05) is 29.8 Å². The zero-order valence-corrected chi connectivity index (χ0v) is 15.4. The van der Waals surface area contributed by atoms with Crippen LogP contribution < -0.4 is 0 Å². The molecule has 3 rings (SSSR count). The highest BCUT2D eigenvalue weighted by atomic mass is 79.9. The second-order valence-electron chi connectivity index (χ2n) is 6.10. The van der Waals surface area contributed by atoms with Crippen LogP contribution in [0, 0.1) is 12.8 Å². The average Bonchev–Trinajstić information content (AvgIpc) is 2.96. The van der Waals surface area contributed by atoms with Crippen molar-refractivity contribution in [3.05, 3.63) is 56.2 Å². The van der Waals surface area contributed by atoms with E-state index in [0.717, 1.165) is 29.7 Å². The molecule has 0 radical (unpaired) electrons. The van der Waals surface area contributed by atoms with Gasteiger partial charge in [0.05, 0.1) is 15.7 Å². The van der Waals surface area contributed by atoms with E-state index in [1.807, 2.05) is 0 Å². The zero-order valence-electron chi connectivity index (χ0n) is 13.0. The Hall–Kier alpha value is -1.17. The molecule has 122 valence electrons. The van der Waals surface area contributed by atoms with E-state index >= 15 is 0 Å². The third-order valence-electron chi connectivity index (χ3n) is 4.50. The number of piperidine rings is 1. The summed E-state index contributed by atoms with van der Waals surface area (Å²) in [6.45, 7) is 3.74. The fourth-order valence-electron chi connectivity index (χ4n) is 3.18. The quantitative estimate of drug-likeness (QED) is 0.817. The number of benzene rings is 1. The van der Waals surface area contributed by atoms with Crippen LogP contribution in [0.4, 0.5) is 0 Å². The summed E-state index contributed by atoms with van der Waals surface area (Å²) in [6.07, 6.45) is 1.45. The minimum Gasteiger partial charge on any atom is -0.481 e. The Bertz CT molecular complexity index is 675. The number of carboxylic acids is 1. The Labute approximate surface area is 149 Å². The first kappa shape index (κ1) is 16.7. The fourth-order valence-corrected chi connectivity index (χ4v) is 4.77. The van der Waals surface area contributed by atoms with Crippen molar-refractivity contribution in [1.29, 1.82) is 0 Å². The number of hydrogen-bond donors (Lipinski definition) is 1. The van der Waals surface area contributed by atoms with E-state index in [1.54, 1.807) is 11.3 Å². The van der Waals surface area contributed by atoms with Gasteiger partial charge >= 0.3 is 5.97 Å². The summed E-state index contributed by atoms with van der Waals surface area (Å²) in [7, 11) is 0. The smallest absolute Gasteiger partial charge is 0.306 e. The van der Waals surface area contributed by atoms with E-state index < -0.39 is 5.97 Å². The Balaban J connectivity index is 1.87. The highest BCUT2D eigenvalue weighted by Crippen LogP contribution is 2.37. The summed E-state index contributed by atoms with van der Waals surface area (Å²) >= 11 is 5.31. The van der Waals surface area contributed by atoms with Crippen molar-refractivity contribution in [2.75, 3.05) is 13.1 Å². The van der Waals surface area contributed by atoms with Gasteiger partial charge in [0.15, 0.2) is 0 Å². The van der Waals surface area contributed by atoms with Crippen molar-refractivity contribution in [3.63, 3.8) is 0 Å². The van der Waals surface area contributed by atoms with E-state index in [4.69, 9.17) is 0 Å². The van der Waals surface area contributed by atoms with Crippen molar-refractivity contribution >= 4 is 33.2 Å². The monoisotopic (exact) mass is 393 g/mol. The summed E-state index contributed by atoms with van der Waals surface area (Å²) in [5.74, 6) is -0.851. The molecule has 1 aliphatic rings. The first-order valence-corrected chi connectivity index (χ1v) is 9.44. The first-order chi connectivity index (χ1) is 11.0. The Morgan fingerprint density at radius 3 is 2.39 bits per heavy atom. The molecule has 5 heteroatoms. The molecule has 1 saturated heterocycles. The molecule has 23 heavy (non-hydrogen) atoms. The maximum atomic E-state index is 11.2. The number of likely N-dealkylation sites (tertiary alicyclic amines) is 1. The van der Waals surface area contributed by atoms with E-state index in [-0.39, 0.29) is 12.0 Å². The molecule has 1 unspecified atom stereocenters. The highest BCUT2D eigenvalue weighted by Gasteiger charge is 2.30. The molecular weight excluding hydrogens is 374 g/mol. The van der Waals surface area contributed by atoms with Crippen molar-refractivity contribution in [3.8, 4) is 0 Å². The fraction of sp³-hybridized carbons (Fsp3) is 0.389. The van der Waals surface area contributed by atoms with Crippen LogP contribution in [0.2, 0.25) is 0 Å². The van der Waals surface area contributed by atoms with E-state index in [9.17, 15) is 9.90 Å². The normalized spacial score (nSPS) is 18.0. The molecule has 2 aromatic rings. The Morgan fingerprint density at radius 1 is 1.22 bits per heavy atom. The number of aliphatic carboxylic acids is 1. The topological polar surface area (TPSA) is 40.5 Å². The molecule has 0 bridgehead atoms. The molecule has 1 N–H and O–H groups in total. The van der Waals surface area contributed by atoms with Crippen LogP contribution >= 0.6 is 27.3 Å². The third kappa shape index (κ3) is 3.84. The van der Waals surface area contributed by atoms with Gasteiger partial charge in [0.25, 0.3) is 0 Å². The lowest BCUT2D eigenvalue weighted by atomic mass is 9.93. The molecular formula is C18H20BrNO2S. The van der Waals surface area contributed by atoms with Gasteiger partial charge < -0.3 is 5.11 Å². The maximum absolute atomic E-state index is 11.2. The molecule has 0 spiro atoms. The molecule has 1 fully saturated rings. The lowest BCUT2D eigenvalue weighted by molar-refractivity contribution is -0.143. The van der Waals surface area contributed by atoms with Crippen LogP contribution in [-0.2, 0) is 4.79 Å². The minimum absolute atomic E-state index is 0.194. The standard InChI is InChI=1S/C18H20BrNO2S/c1-12-2-4-13(5-3-12)17(15-6-7-16(19)23-15)20-10-8-14(9-11-20)18(21)22/h2-7,14,17H,8-11H2,1H3,(H,21,22). The van der Waals surface area contributed by atoms with Gasteiger partial charge in [0, 0.05) is 4.88 Å². The number of halogens is 1. The summed E-state index contributed by atoms with van der Waals surface area (Å²) in [5.41, 5.74) is 2.53. The van der Waals surface area contributed by atoms with E-state index in [0.29, 0.717) is 0 Å². The van der Waals surface area contributed by atoms with Gasteiger partial charge in [0.2, 0.25) is 0 Å². The second kappa shape index (κ2) is 7.16. The number of nitrogens with zero attached hydrogens (tertiary/aromatic N) is 1. The SMILES string of the molecule is Cc1ccc(C(c2ccc(Br)s2)N2CCC(C(=O)O)CC2)cc1. The van der Waals surface area contributed by atoms with Gasteiger partial charge in [-0.3, -0.25) is 9.69 Å². The molecule has 0 saturated carbocycles. The molecule has 3 nitrogen and oxygen atoms in total. The zero-order chi connectivity index (χ0) is 16.4. The van der Waals surface area contributed by atoms with E-state index in [1.165, 1.54) is 16.0 Å². The van der Waals surface area contributed by atoms with Crippen LogP contribution in [-0.4, -0.2) is 29.1 Å². The van der Waals surface area contributed by atoms with Crippen molar-refractivity contribution in [2.24, 2.45) is 5.92 Å². The van der Waals surface area contributed by atoms with Crippen molar-refractivity contribution < 1.29 is 9.90 Å². The molecule has 1 aliphatic heterocycles. The van der Waals surface area contributed by atoms with Crippen LogP contribution in [0.5, 0.6) is 0 Å². The van der Waals surface area contributed by atoms with Crippen molar-refractivity contribution in [2.45, 2.75) is 25.8 Å². The van der Waals surface area contributed by atoms with Crippen molar-refractivity contribution in [1.82, 2.24) is 4.90 Å². The number of aryl methyl sites for hydroxylation is 1. The van der Waals surface area contributed by atoms with Gasteiger partial charge in [-0.05, 0) is 66.5 Å². The predicted octanol–water partition coefficient (Wildman–Crippen LogP) is 4.71. The minimum atomic E-state index is -0.657. The third-order valence-corrected chi connectivity index (χ3v) is 6.18. The molecule has 0 aliphatic carbocycles. The summed E-state index contributed by atoms with van der Waals surface area (Å²) in [5, 5.41) is 9.21. The lowest BCUT2D eigenvalue weighted by Crippen LogP contribution is -2.39. The number of thiophene rings is 1. The van der Waals surface area contributed by atoms with Crippen LogP contribution in [0.3, 0.4) is 0 Å². The number of rotatable bonds is 4. The number of carboxylic acid groups (broad SMARTS) is 1. The molecule has 1 atom stereocenters. The first-order valence-electron chi connectivity index (χ1n) is 7.83. The summed E-state index contributed by atoms with van der Waals surface area (Å²) in [4.78, 5) is 14.9. The molecule has 0 amide bonds.